The van der Waals surface area contributed by atoms with Crippen LogP contribution in [0, 0.1) is 0 Å². The van der Waals surface area contributed by atoms with E-state index in [1.54, 1.807) is 31.5 Å². The lowest BCUT2D eigenvalue weighted by Gasteiger charge is -2.05. The molecule has 2 N–H and O–H groups in total. The summed E-state index contributed by atoms with van der Waals surface area (Å²) in [6.45, 7) is 0.961. The van der Waals surface area contributed by atoms with Crippen molar-refractivity contribution < 1.29 is 14.3 Å². The van der Waals surface area contributed by atoms with Gasteiger partial charge in [-0.15, -0.1) is 0 Å². The smallest absolute Gasteiger partial charge is 0.252 e. The molecule has 1 aromatic heterocycles. The molecule has 6 heteroatoms. The van der Waals surface area contributed by atoms with E-state index in [2.05, 4.69) is 15.6 Å². The van der Waals surface area contributed by atoms with Gasteiger partial charge in [0.1, 0.15) is 5.75 Å². The van der Waals surface area contributed by atoms with E-state index in [-0.39, 0.29) is 11.8 Å². The van der Waals surface area contributed by atoms with Gasteiger partial charge in [0.2, 0.25) is 5.91 Å². The number of nitrogens with one attached hydrogen (secondary N) is 2. The Morgan fingerprint density at radius 1 is 1.16 bits per heavy atom. The zero-order chi connectivity index (χ0) is 17.9. The average Bonchev–Trinajstić information content (AvgIpc) is 2.66. The second-order valence-electron chi connectivity index (χ2n) is 5.25. The third kappa shape index (κ3) is 6.47. The van der Waals surface area contributed by atoms with Gasteiger partial charge >= 0.3 is 0 Å². The summed E-state index contributed by atoms with van der Waals surface area (Å²) in [5.74, 6) is 0.394. The molecule has 130 valence electrons. The standard InChI is InChI=1S/C19H21N3O3/c1-25-17-7-2-5-15(13-17)8-9-18(23)21-11-4-12-22-19(24)16-6-3-10-20-14-16/h2-3,5-10,13-14H,4,11-12H2,1H3,(H,21,23)(H,22,24)/b9-8+. The molecular weight excluding hydrogens is 318 g/mol. The van der Waals surface area contributed by atoms with Crippen LogP contribution in [0.5, 0.6) is 5.75 Å². The van der Waals surface area contributed by atoms with Gasteiger partial charge in [-0.05, 0) is 42.3 Å². The summed E-state index contributed by atoms with van der Waals surface area (Å²) >= 11 is 0. The number of nitrogens with zero attached hydrogens (tertiary/aromatic N) is 1. The fourth-order valence-corrected chi connectivity index (χ4v) is 2.08. The molecule has 0 unspecified atom stereocenters. The molecule has 0 radical (unpaired) electrons. The van der Waals surface area contributed by atoms with Crippen molar-refractivity contribution in [2.24, 2.45) is 0 Å². The first-order chi connectivity index (χ1) is 12.2. The van der Waals surface area contributed by atoms with Crippen LogP contribution in [0.15, 0.2) is 54.9 Å². The van der Waals surface area contributed by atoms with E-state index in [1.165, 1.54) is 12.3 Å². The molecule has 0 aliphatic rings. The van der Waals surface area contributed by atoms with Crippen LogP contribution in [-0.2, 0) is 4.79 Å². The minimum Gasteiger partial charge on any atom is -0.497 e. The number of carbonyl (C=O) groups excluding carboxylic acids is 2. The molecule has 0 saturated heterocycles. The Hall–Kier alpha value is -3.15. The molecule has 2 rings (SSSR count). The first kappa shape index (κ1) is 18.2. The second kappa shape index (κ2) is 9.87. The van der Waals surface area contributed by atoms with Gasteiger partial charge in [0.25, 0.3) is 5.91 Å². The Kier molecular flexibility index (Phi) is 7.18. The van der Waals surface area contributed by atoms with Crippen LogP contribution in [0.4, 0.5) is 0 Å². The van der Waals surface area contributed by atoms with Gasteiger partial charge in [-0.3, -0.25) is 14.6 Å². The lowest BCUT2D eigenvalue weighted by Crippen LogP contribution is -2.29. The van der Waals surface area contributed by atoms with Crippen molar-refractivity contribution in [2.75, 3.05) is 20.2 Å². The third-order valence-corrected chi connectivity index (χ3v) is 3.38. The highest BCUT2D eigenvalue weighted by Crippen LogP contribution is 2.13. The van der Waals surface area contributed by atoms with Crippen LogP contribution >= 0.6 is 0 Å². The first-order valence-electron chi connectivity index (χ1n) is 7.97. The minimum atomic E-state index is -0.179. The summed E-state index contributed by atoms with van der Waals surface area (Å²) in [5, 5.41) is 5.56. The number of rotatable bonds is 8. The van der Waals surface area contributed by atoms with Crippen molar-refractivity contribution >= 4 is 17.9 Å². The molecule has 25 heavy (non-hydrogen) atoms. The Bertz CT molecular complexity index is 730. The maximum Gasteiger partial charge on any atom is 0.252 e. The van der Waals surface area contributed by atoms with E-state index in [0.29, 0.717) is 25.1 Å². The molecule has 0 saturated carbocycles. The molecule has 2 aromatic rings. The predicted molar refractivity (Wildman–Crippen MR) is 96.2 cm³/mol. The number of aromatic nitrogens is 1. The average molecular weight is 339 g/mol. The number of ether oxygens (including phenoxy) is 1. The largest absolute Gasteiger partial charge is 0.497 e. The van der Waals surface area contributed by atoms with Gasteiger partial charge in [-0.1, -0.05) is 12.1 Å². The summed E-state index contributed by atoms with van der Waals surface area (Å²) < 4.78 is 5.13. The van der Waals surface area contributed by atoms with Crippen LogP contribution in [0.3, 0.4) is 0 Å². The lowest BCUT2D eigenvalue weighted by molar-refractivity contribution is -0.116. The topological polar surface area (TPSA) is 80.3 Å². The molecule has 2 amide bonds. The molecule has 0 bridgehead atoms. The van der Waals surface area contributed by atoms with E-state index in [0.717, 1.165) is 11.3 Å². The maximum atomic E-state index is 11.8. The van der Waals surface area contributed by atoms with Gasteiger partial charge in [0.15, 0.2) is 0 Å². The van der Waals surface area contributed by atoms with E-state index in [1.807, 2.05) is 24.3 Å². The van der Waals surface area contributed by atoms with Gasteiger partial charge in [-0.25, -0.2) is 0 Å². The number of carbonyl (C=O) groups is 2. The summed E-state index contributed by atoms with van der Waals surface area (Å²) in [6, 6.07) is 10.9. The number of benzene rings is 1. The van der Waals surface area contributed by atoms with Crippen LogP contribution in [0.1, 0.15) is 22.3 Å². The Balaban J connectivity index is 1.65. The predicted octanol–water partition coefficient (Wildman–Crippen LogP) is 2.04. The molecule has 0 atom stereocenters. The van der Waals surface area contributed by atoms with Gasteiger partial charge in [0, 0.05) is 31.6 Å². The van der Waals surface area contributed by atoms with E-state index in [4.69, 9.17) is 4.74 Å². The molecule has 0 fully saturated rings. The summed E-state index contributed by atoms with van der Waals surface area (Å²) in [5.41, 5.74) is 1.41. The van der Waals surface area contributed by atoms with Crippen LogP contribution < -0.4 is 15.4 Å². The molecule has 1 aromatic carbocycles. The molecule has 0 aliphatic carbocycles. The van der Waals surface area contributed by atoms with Crippen molar-refractivity contribution in [3.63, 3.8) is 0 Å². The normalized spacial score (nSPS) is 10.4. The van der Waals surface area contributed by atoms with Crippen LogP contribution in [-0.4, -0.2) is 37.0 Å². The summed E-state index contributed by atoms with van der Waals surface area (Å²) in [6.07, 6.45) is 6.97. The lowest BCUT2D eigenvalue weighted by atomic mass is 10.2. The number of amides is 2. The Morgan fingerprint density at radius 3 is 2.76 bits per heavy atom. The highest BCUT2D eigenvalue weighted by molar-refractivity contribution is 5.93. The van der Waals surface area contributed by atoms with Crippen molar-refractivity contribution in [1.29, 1.82) is 0 Å². The molecule has 0 spiro atoms. The molecule has 6 nitrogen and oxygen atoms in total. The fourth-order valence-electron chi connectivity index (χ4n) is 2.08. The van der Waals surface area contributed by atoms with E-state index < -0.39 is 0 Å². The fraction of sp³-hybridized carbons (Fsp3) is 0.211. The van der Waals surface area contributed by atoms with Gasteiger partial charge in [-0.2, -0.15) is 0 Å². The van der Waals surface area contributed by atoms with Crippen LogP contribution in [0.25, 0.3) is 6.08 Å². The quantitative estimate of drug-likeness (QED) is 0.570. The zero-order valence-corrected chi connectivity index (χ0v) is 14.1. The van der Waals surface area contributed by atoms with Gasteiger partial charge in [0.05, 0.1) is 12.7 Å². The van der Waals surface area contributed by atoms with E-state index >= 15 is 0 Å². The number of methoxy groups -OCH3 is 1. The second-order valence-corrected chi connectivity index (χ2v) is 5.25. The van der Waals surface area contributed by atoms with Gasteiger partial charge < -0.3 is 15.4 Å². The number of hydrogen-bond donors (Lipinski definition) is 2. The summed E-state index contributed by atoms with van der Waals surface area (Å²) in [4.78, 5) is 27.5. The van der Waals surface area contributed by atoms with Crippen molar-refractivity contribution in [3.8, 4) is 5.75 Å². The minimum absolute atomic E-state index is 0.169. The molecular formula is C19H21N3O3. The van der Waals surface area contributed by atoms with Crippen LogP contribution in [0.2, 0.25) is 0 Å². The first-order valence-corrected chi connectivity index (χ1v) is 7.97. The Labute approximate surface area is 146 Å². The molecule has 1 heterocycles. The maximum absolute atomic E-state index is 11.8. The Morgan fingerprint density at radius 2 is 2.00 bits per heavy atom. The monoisotopic (exact) mass is 339 g/mol. The highest BCUT2D eigenvalue weighted by Gasteiger charge is 2.03. The van der Waals surface area contributed by atoms with Crippen molar-refractivity contribution in [1.82, 2.24) is 15.6 Å². The number of pyridine rings is 1. The van der Waals surface area contributed by atoms with Crippen molar-refractivity contribution in [3.05, 3.63) is 66.0 Å². The van der Waals surface area contributed by atoms with E-state index in [9.17, 15) is 9.59 Å². The highest BCUT2D eigenvalue weighted by atomic mass is 16.5. The van der Waals surface area contributed by atoms with Crippen molar-refractivity contribution in [2.45, 2.75) is 6.42 Å². The summed E-state index contributed by atoms with van der Waals surface area (Å²) in [7, 11) is 1.60. The SMILES string of the molecule is COc1cccc(/C=C/C(=O)NCCCNC(=O)c2cccnc2)c1. The zero-order valence-electron chi connectivity index (χ0n) is 14.1. The third-order valence-electron chi connectivity index (χ3n) is 3.38. The number of hydrogen-bond acceptors (Lipinski definition) is 4. The molecule has 0 aliphatic heterocycles.